The third-order valence-corrected chi connectivity index (χ3v) is 6.11. The molecule has 1 saturated heterocycles. The number of amides is 1. The van der Waals surface area contributed by atoms with Crippen LogP contribution >= 0.6 is 11.3 Å². The molecule has 1 aliphatic rings. The summed E-state index contributed by atoms with van der Waals surface area (Å²) >= 11 is 0.809. The van der Waals surface area contributed by atoms with Crippen molar-refractivity contribution in [3.05, 3.63) is 76.8 Å². The molecule has 4 rings (SSSR count). The number of benzene rings is 2. The number of nitrogens with zero attached hydrogens (tertiary/aromatic N) is 3. The van der Waals surface area contributed by atoms with Crippen LogP contribution in [-0.2, 0) is 12.7 Å². The number of carbonyl (C=O) groups excluding carboxylic acids is 1. The molecule has 0 bridgehead atoms. The van der Waals surface area contributed by atoms with Gasteiger partial charge in [0.2, 0.25) is 0 Å². The third-order valence-electron chi connectivity index (χ3n) is 5.02. The van der Waals surface area contributed by atoms with Gasteiger partial charge in [-0.1, -0.05) is 60.7 Å². The molecule has 8 heteroatoms. The highest BCUT2D eigenvalue weighted by atomic mass is 32.1. The smallest absolute Gasteiger partial charge is 0.335 e. The molecule has 0 radical (unpaired) electrons. The fraction of sp³-hybridized carbons (Fsp3) is 0.273. The molecule has 4 nitrogen and oxygen atoms in total. The van der Waals surface area contributed by atoms with Crippen LogP contribution in [-0.4, -0.2) is 46.9 Å². The van der Waals surface area contributed by atoms with Crippen molar-refractivity contribution in [3.8, 4) is 10.6 Å². The summed E-state index contributed by atoms with van der Waals surface area (Å²) in [6, 6.07) is 18.6. The fourth-order valence-electron chi connectivity index (χ4n) is 3.46. The molecule has 0 spiro atoms. The van der Waals surface area contributed by atoms with Crippen LogP contribution in [0.25, 0.3) is 10.6 Å². The third kappa shape index (κ3) is 4.55. The number of thiazole rings is 1. The van der Waals surface area contributed by atoms with Crippen molar-refractivity contribution in [1.82, 2.24) is 14.8 Å². The Morgan fingerprint density at radius 2 is 1.53 bits per heavy atom. The molecule has 156 valence electrons. The van der Waals surface area contributed by atoms with Gasteiger partial charge in [0.05, 0.1) is 0 Å². The Labute approximate surface area is 176 Å². The molecular weight excluding hydrogens is 411 g/mol. The fourth-order valence-corrected chi connectivity index (χ4v) is 4.51. The van der Waals surface area contributed by atoms with Crippen LogP contribution in [0.15, 0.2) is 60.7 Å². The van der Waals surface area contributed by atoms with Crippen LogP contribution in [0.4, 0.5) is 13.2 Å². The summed E-state index contributed by atoms with van der Waals surface area (Å²) in [5, 5.41) is 0.203. The second-order valence-corrected chi connectivity index (χ2v) is 8.11. The molecule has 0 unspecified atom stereocenters. The van der Waals surface area contributed by atoms with Gasteiger partial charge < -0.3 is 4.90 Å². The van der Waals surface area contributed by atoms with Crippen LogP contribution in [0.5, 0.6) is 0 Å². The Kier molecular flexibility index (Phi) is 5.87. The van der Waals surface area contributed by atoms with E-state index in [0.29, 0.717) is 31.7 Å². The molecule has 1 aromatic heterocycles. The van der Waals surface area contributed by atoms with Gasteiger partial charge in [-0.25, -0.2) is 4.98 Å². The second-order valence-electron chi connectivity index (χ2n) is 7.11. The van der Waals surface area contributed by atoms with Gasteiger partial charge in [0, 0.05) is 38.3 Å². The maximum Gasteiger partial charge on any atom is 0.435 e. The summed E-state index contributed by atoms with van der Waals surface area (Å²) in [5.41, 5.74) is 0.648. The monoisotopic (exact) mass is 431 g/mol. The minimum Gasteiger partial charge on any atom is -0.335 e. The van der Waals surface area contributed by atoms with Gasteiger partial charge in [-0.2, -0.15) is 13.2 Å². The molecule has 3 aromatic rings. The molecular formula is C22H20F3N3OS. The number of halogens is 3. The molecule has 1 amide bonds. The van der Waals surface area contributed by atoms with Crippen molar-refractivity contribution in [1.29, 1.82) is 0 Å². The van der Waals surface area contributed by atoms with Gasteiger partial charge in [-0.05, 0) is 5.56 Å². The van der Waals surface area contributed by atoms with E-state index in [1.165, 1.54) is 10.5 Å². The zero-order valence-corrected chi connectivity index (χ0v) is 16.9. The highest BCUT2D eigenvalue weighted by Gasteiger charge is 2.41. The van der Waals surface area contributed by atoms with E-state index < -0.39 is 17.8 Å². The summed E-state index contributed by atoms with van der Waals surface area (Å²) < 4.78 is 40.7. The van der Waals surface area contributed by atoms with E-state index >= 15 is 0 Å². The lowest BCUT2D eigenvalue weighted by molar-refractivity contribution is -0.141. The van der Waals surface area contributed by atoms with E-state index in [1.807, 2.05) is 30.3 Å². The molecule has 0 aliphatic carbocycles. The molecule has 0 atom stereocenters. The van der Waals surface area contributed by atoms with Gasteiger partial charge in [-0.3, -0.25) is 9.69 Å². The molecule has 2 aromatic carbocycles. The van der Waals surface area contributed by atoms with Crippen LogP contribution in [0.1, 0.15) is 20.9 Å². The van der Waals surface area contributed by atoms with E-state index in [9.17, 15) is 18.0 Å². The van der Waals surface area contributed by atoms with Gasteiger partial charge in [0.1, 0.15) is 9.88 Å². The number of hydrogen-bond donors (Lipinski definition) is 0. The van der Waals surface area contributed by atoms with Crippen molar-refractivity contribution in [2.45, 2.75) is 12.7 Å². The zero-order chi connectivity index (χ0) is 21.1. The molecule has 2 heterocycles. The molecule has 1 fully saturated rings. The lowest BCUT2D eigenvalue weighted by Crippen LogP contribution is -2.48. The molecule has 0 saturated carbocycles. The van der Waals surface area contributed by atoms with E-state index in [1.54, 1.807) is 30.3 Å². The lowest BCUT2D eigenvalue weighted by Gasteiger charge is -2.34. The predicted molar refractivity (Wildman–Crippen MR) is 110 cm³/mol. The normalized spacial score (nSPS) is 15.4. The van der Waals surface area contributed by atoms with Crippen molar-refractivity contribution < 1.29 is 18.0 Å². The van der Waals surface area contributed by atoms with Gasteiger partial charge in [-0.15, -0.1) is 11.3 Å². The van der Waals surface area contributed by atoms with E-state index in [0.717, 1.165) is 17.9 Å². The number of alkyl halides is 3. The van der Waals surface area contributed by atoms with Crippen molar-refractivity contribution in [2.24, 2.45) is 0 Å². The van der Waals surface area contributed by atoms with Crippen molar-refractivity contribution >= 4 is 17.2 Å². The largest absolute Gasteiger partial charge is 0.435 e. The summed E-state index contributed by atoms with van der Waals surface area (Å²) in [6.07, 6.45) is -4.68. The maximum absolute atomic E-state index is 13.6. The van der Waals surface area contributed by atoms with Gasteiger partial charge in [0.15, 0.2) is 5.69 Å². The van der Waals surface area contributed by atoms with Crippen molar-refractivity contribution in [2.75, 3.05) is 26.2 Å². The highest BCUT2D eigenvalue weighted by Crippen LogP contribution is 2.38. The summed E-state index contributed by atoms with van der Waals surface area (Å²) in [6.45, 7) is 2.77. The van der Waals surface area contributed by atoms with E-state index in [2.05, 4.69) is 9.88 Å². The SMILES string of the molecule is O=C(c1sc(-c2ccccc2)nc1C(F)(F)F)N1CCN(Cc2ccccc2)CC1. The summed E-state index contributed by atoms with van der Waals surface area (Å²) in [4.78, 5) is 20.1. The number of carbonyl (C=O) groups is 1. The van der Waals surface area contributed by atoms with Gasteiger partial charge in [0.25, 0.3) is 5.91 Å². The molecule has 1 aliphatic heterocycles. The maximum atomic E-state index is 13.6. The Morgan fingerprint density at radius 3 is 2.13 bits per heavy atom. The first-order valence-electron chi connectivity index (χ1n) is 9.61. The zero-order valence-electron chi connectivity index (χ0n) is 16.1. The lowest BCUT2D eigenvalue weighted by atomic mass is 10.2. The van der Waals surface area contributed by atoms with Crippen LogP contribution in [0.2, 0.25) is 0 Å². The van der Waals surface area contributed by atoms with Crippen LogP contribution < -0.4 is 0 Å². The van der Waals surface area contributed by atoms with Crippen molar-refractivity contribution in [3.63, 3.8) is 0 Å². The number of aromatic nitrogens is 1. The number of piperazine rings is 1. The predicted octanol–water partition coefficient (Wildman–Crippen LogP) is 4.79. The van der Waals surface area contributed by atoms with E-state index in [4.69, 9.17) is 0 Å². The molecule has 0 N–H and O–H groups in total. The second kappa shape index (κ2) is 8.57. The Bertz CT molecular complexity index is 997. The Hall–Kier alpha value is -2.71. The van der Waals surface area contributed by atoms with E-state index in [-0.39, 0.29) is 9.88 Å². The first kappa shape index (κ1) is 20.6. The average Bonchev–Trinajstić information content (AvgIpc) is 3.21. The Morgan fingerprint density at radius 1 is 0.933 bits per heavy atom. The minimum atomic E-state index is -4.68. The first-order chi connectivity index (χ1) is 14.4. The van der Waals surface area contributed by atoms with Crippen LogP contribution in [0.3, 0.4) is 0 Å². The number of hydrogen-bond acceptors (Lipinski definition) is 4. The summed E-state index contributed by atoms with van der Waals surface area (Å²) in [7, 11) is 0. The standard InChI is InChI=1S/C22H20F3N3OS/c23-22(24,25)19-18(30-20(26-19)17-9-5-2-6-10-17)21(29)28-13-11-27(12-14-28)15-16-7-3-1-4-8-16/h1-10H,11-15H2. The first-order valence-corrected chi connectivity index (χ1v) is 10.4. The summed E-state index contributed by atoms with van der Waals surface area (Å²) in [5.74, 6) is -0.596. The topological polar surface area (TPSA) is 36.4 Å². The quantitative estimate of drug-likeness (QED) is 0.596. The van der Waals surface area contributed by atoms with Crippen LogP contribution in [0, 0.1) is 0 Å². The number of rotatable bonds is 4. The Balaban J connectivity index is 1.50. The average molecular weight is 431 g/mol. The highest BCUT2D eigenvalue weighted by molar-refractivity contribution is 7.17. The van der Waals surface area contributed by atoms with Gasteiger partial charge >= 0.3 is 6.18 Å². The minimum absolute atomic E-state index is 0.203. The molecule has 30 heavy (non-hydrogen) atoms.